The second-order valence-electron chi connectivity index (χ2n) is 6.72. The number of hydrogen-bond acceptors (Lipinski definition) is 6. The summed E-state index contributed by atoms with van der Waals surface area (Å²) in [7, 11) is 1.27. The highest BCUT2D eigenvalue weighted by Gasteiger charge is 2.25. The maximum Gasteiger partial charge on any atom is 0.420 e. The van der Waals surface area contributed by atoms with E-state index in [0.29, 0.717) is 18.7 Å². The minimum Gasteiger partial charge on any atom is -0.452 e. The normalized spacial score (nSPS) is 12.0. The Kier molecular flexibility index (Phi) is 6.95. The zero-order valence-electron chi connectivity index (χ0n) is 16.8. The molecule has 1 heterocycles. The fourth-order valence-electron chi connectivity index (χ4n) is 2.96. The highest BCUT2D eigenvalue weighted by molar-refractivity contribution is 7.18. The number of rotatable bonds is 7. The van der Waals surface area contributed by atoms with Crippen LogP contribution in [0, 0.1) is 6.92 Å². The van der Waals surface area contributed by atoms with Crippen LogP contribution >= 0.6 is 11.3 Å². The van der Waals surface area contributed by atoms with Crippen LogP contribution in [0.5, 0.6) is 0 Å². The second-order valence-corrected chi connectivity index (χ2v) is 7.84. The number of benzene rings is 2. The molecule has 1 unspecified atom stereocenters. The van der Waals surface area contributed by atoms with E-state index >= 15 is 0 Å². The van der Waals surface area contributed by atoms with Crippen LogP contribution in [0.25, 0.3) is 10.2 Å². The largest absolute Gasteiger partial charge is 0.452 e. The summed E-state index contributed by atoms with van der Waals surface area (Å²) in [6.45, 7) is 4.16. The first-order chi connectivity index (χ1) is 14.0. The number of fused-ring (bicyclic) bond motifs is 1. The van der Waals surface area contributed by atoms with Gasteiger partial charge >= 0.3 is 6.09 Å². The molecule has 2 aromatic carbocycles. The Bertz CT molecular complexity index is 968. The lowest BCUT2D eigenvalue weighted by Crippen LogP contribution is -2.37. The van der Waals surface area contributed by atoms with Crippen molar-refractivity contribution in [1.29, 1.82) is 0 Å². The summed E-state index contributed by atoms with van der Waals surface area (Å²) in [5.41, 5.74) is 2.32. The number of amides is 2. The van der Waals surface area contributed by atoms with Gasteiger partial charge in [-0.3, -0.25) is 4.79 Å². The van der Waals surface area contributed by atoms with Gasteiger partial charge < -0.3 is 9.47 Å². The number of aromatic nitrogens is 1. The molecular formula is C22H24N2O4S. The van der Waals surface area contributed by atoms with Crippen molar-refractivity contribution < 1.29 is 19.1 Å². The van der Waals surface area contributed by atoms with Gasteiger partial charge in [0.1, 0.15) is 5.01 Å². The van der Waals surface area contributed by atoms with E-state index in [2.05, 4.69) is 4.98 Å². The Morgan fingerprint density at radius 3 is 2.59 bits per heavy atom. The molecule has 152 valence electrons. The molecule has 7 heteroatoms. The van der Waals surface area contributed by atoms with E-state index < -0.39 is 6.09 Å². The SMILES string of the molecule is COC(=O)N(C(=O)CCC(C)OCc1nc2ccccc2s1)c1ccccc1C. The molecule has 0 bridgehead atoms. The molecule has 0 radical (unpaired) electrons. The van der Waals surface area contributed by atoms with Gasteiger partial charge in [0, 0.05) is 6.42 Å². The van der Waals surface area contributed by atoms with Gasteiger partial charge in [0.2, 0.25) is 5.91 Å². The Morgan fingerprint density at radius 1 is 1.14 bits per heavy atom. The maximum absolute atomic E-state index is 12.8. The van der Waals surface area contributed by atoms with Crippen LogP contribution in [-0.2, 0) is 20.9 Å². The number of aryl methyl sites for hydroxylation is 1. The number of methoxy groups -OCH3 is 1. The van der Waals surface area contributed by atoms with Gasteiger partial charge in [-0.2, -0.15) is 0 Å². The third-order valence-corrected chi connectivity index (χ3v) is 5.57. The van der Waals surface area contributed by atoms with Gasteiger partial charge in [0.05, 0.1) is 35.7 Å². The van der Waals surface area contributed by atoms with E-state index in [-0.39, 0.29) is 18.4 Å². The zero-order valence-corrected chi connectivity index (χ0v) is 17.6. The summed E-state index contributed by atoms with van der Waals surface area (Å²) >= 11 is 1.60. The molecule has 0 aliphatic heterocycles. The van der Waals surface area contributed by atoms with Crippen molar-refractivity contribution in [2.45, 2.75) is 39.4 Å². The molecule has 1 aromatic heterocycles. The number of thiazole rings is 1. The standard InChI is InChI=1S/C22H24N2O4S/c1-15-8-4-6-10-18(15)24(22(26)27-3)21(25)13-12-16(2)28-14-20-23-17-9-5-7-11-19(17)29-20/h4-11,16H,12-14H2,1-3H3. The molecule has 0 aliphatic rings. The molecule has 0 aliphatic carbocycles. The van der Waals surface area contributed by atoms with Crippen LogP contribution in [0.1, 0.15) is 30.3 Å². The van der Waals surface area contributed by atoms with Gasteiger partial charge in [0.25, 0.3) is 0 Å². The molecular weight excluding hydrogens is 388 g/mol. The van der Waals surface area contributed by atoms with Gasteiger partial charge in [-0.1, -0.05) is 30.3 Å². The van der Waals surface area contributed by atoms with Gasteiger partial charge in [-0.15, -0.1) is 11.3 Å². The fraction of sp³-hybridized carbons (Fsp3) is 0.318. The number of anilines is 1. The van der Waals surface area contributed by atoms with Crippen molar-refractivity contribution in [2.75, 3.05) is 12.0 Å². The molecule has 0 spiro atoms. The molecule has 0 fully saturated rings. The summed E-state index contributed by atoms with van der Waals surface area (Å²) in [6, 6.07) is 15.2. The molecule has 2 amide bonds. The Labute approximate surface area is 174 Å². The molecule has 29 heavy (non-hydrogen) atoms. The minimum atomic E-state index is -0.688. The van der Waals surface area contributed by atoms with Gasteiger partial charge in [-0.05, 0) is 44.0 Å². The predicted octanol–water partition coefficient (Wildman–Crippen LogP) is 5.09. The van der Waals surface area contributed by atoms with Crippen LogP contribution in [0.15, 0.2) is 48.5 Å². The molecule has 3 aromatic rings. The summed E-state index contributed by atoms with van der Waals surface area (Å²) in [5, 5.41) is 0.903. The average molecular weight is 413 g/mol. The van der Waals surface area contributed by atoms with Crippen molar-refractivity contribution in [3.63, 3.8) is 0 Å². The Hall–Kier alpha value is -2.77. The molecule has 0 saturated carbocycles. The van der Waals surface area contributed by atoms with E-state index in [4.69, 9.17) is 9.47 Å². The molecule has 6 nitrogen and oxygen atoms in total. The molecule has 0 saturated heterocycles. The van der Waals surface area contributed by atoms with E-state index in [9.17, 15) is 9.59 Å². The number of para-hydroxylation sites is 2. The molecule has 0 N–H and O–H groups in total. The number of ether oxygens (including phenoxy) is 2. The average Bonchev–Trinajstić information content (AvgIpc) is 3.15. The minimum absolute atomic E-state index is 0.151. The maximum atomic E-state index is 12.8. The summed E-state index contributed by atoms with van der Waals surface area (Å²) in [5.74, 6) is -0.318. The van der Waals surface area contributed by atoms with Crippen LogP contribution in [0.2, 0.25) is 0 Å². The number of nitrogens with zero attached hydrogens (tertiary/aromatic N) is 2. The first-order valence-electron chi connectivity index (χ1n) is 9.42. The smallest absolute Gasteiger partial charge is 0.420 e. The summed E-state index contributed by atoms with van der Waals surface area (Å²) in [4.78, 5) is 30.6. The third-order valence-electron chi connectivity index (χ3n) is 4.56. The van der Waals surface area contributed by atoms with Gasteiger partial charge in [0.15, 0.2) is 0 Å². The van der Waals surface area contributed by atoms with E-state index in [1.165, 1.54) is 7.11 Å². The Morgan fingerprint density at radius 2 is 1.86 bits per heavy atom. The number of carbonyl (C=O) groups excluding carboxylic acids is 2. The molecule has 3 rings (SSSR count). The van der Waals surface area contributed by atoms with Crippen molar-refractivity contribution in [3.05, 3.63) is 59.1 Å². The molecule has 1 atom stereocenters. The third kappa shape index (κ3) is 5.19. The zero-order chi connectivity index (χ0) is 20.8. The lowest BCUT2D eigenvalue weighted by molar-refractivity contribution is -0.118. The predicted molar refractivity (Wildman–Crippen MR) is 114 cm³/mol. The van der Waals surface area contributed by atoms with E-state index in [1.807, 2.05) is 50.2 Å². The number of imide groups is 1. The number of carbonyl (C=O) groups is 2. The highest BCUT2D eigenvalue weighted by Crippen LogP contribution is 2.24. The van der Waals surface area contributed by atoms with Crippen LogP contribution in [0.3, 0.4) is 0 Å². The second kappa shape index (κ2) is 9.62. The van der Waals surface area contributed by atoms with Crippen molar-refractivity contribution >= 4 is 39.2 Å². The highest BCUT2D eigenvalue weighted by atomic mass is 32.1. The monoisotopic (exact) mass is 412 g/mol. The van der Waals surface area contributed by atoms with Crippen LogP contribution in [-0.4, -0.2) is 30.2 Å². The van der Waals surface area contributed by atoms with E-state index in [1.54, 1.807) is 23.5 Å². The van der Waals surface area contributed by atoms with Crippen molar-refractivity contribution in [1.82, 2.24) is 4.98 Å². The lowest BCUT2D eigenvalue weighted by Gasteiger charge is -2.22. The number of hydrogen-bond donors (Lipinski definition) is 0. The van der Waals surface area contributed by atoms with E-state index in [0.717, 1.165) is 25.7 Å². The summed E-state index contributed by atoms with van der Waals surface area (Å²) in [6.07, 6.45) is -0.178. The van der Waals surface area contributed by atoms with Gasteiger partial charge in [-0.25, -0.2) is 14.7 Å². The first kappa shape index (κ1) is 21.0. The van der Waals surface area contributed by atoms with Crippen LogP contribution < -0.4 is 4.90 Å². The summed E-state index contributed by atoms with van der Waals surface area (Å²) < 4.78 is 11.8. The quantitative estimate of drug-likeness (QED) is 0.541. The fourth-order valence-corrected chi connectivity index (χ4v) is 3.85. The Balaban J connectivity index is 1.57. The van der Waals surface area contributed by atoms with Crippen LogP contribution in [0.4, 0.5) is 10.5 Å². The topological polar surface area (TPSA) is 68.7 Å². The van der Waals surface area contributed by atoms with Crippen molar-refractivity contribution in [3.8, 4) is 0 Å². The van der Waals surface area contributed by atoms with Crippen molar-refractivity contribution in [2.24, 2.45) is 0 Å². The lowest BCUT2D eigenvalue weighted by atomic mass is 10.1. The first-order valence-corrected chi connectivity index (χ1v) is 10.2.